The summed E-state index contributed by atoms with van der Waals surface area (Å²) in [4.78, 5) is 26.6. The van der Waals surface area contributed by atoms with Crippen LogP contribution in [0, 0.1) is 22.0 Å². The van der Waals surface area contributed by atoms with Crippen LogP contribution in [0.15, 0.2) is 60.2 Å². The number of nitro benzene ring substituents is 1. The van der Waals surface area contributed by atoms with Crippen LogP contribution in [-0.4, -0.2) is 53.2 Å². The van der Waals surface area contributed by atoms with Gasteiger partial charge in [0.05, 0.1) is 42.1 Å². The number of quaternary nitrogens is 1. The van der Waals surface area contributed by atoms with E-state index in [9.17, 15) is 14.9 Å². The number of hydrogen-bond donors (Lipinski definition) is 0. The predicted molar refractivity (Wildman–Crippen MR) is 129 cm³/mol. The van der Waals surface area contributed by atoms with E-state index in [2.05, 4.69) is 35.2 Å². The second kappa shape index (κ2) is 6.59. The number of nitrogens with zero attached hydrogens (tertiary/aromatic N) is 3. The molecule has 2 aromatic carbocycles. The van der Waals surface area contributed by atoms with Crippen molar-refractivity contribution in [3.8, 4) is 0 Å². The van der Waals surface area contributed by atoms with E-state index in [4.69, 9.17) is 4.74 Å². The Morgan fingerprint density at radius 1 is 1.17 bits per heavy atom. The maximum Gasteiger partial charge on any atom is 0.269 e. The summed E-state index contributed by atoms with van der Waals surface area (Å²) in [5.41, 5.74) is 5.24. The van der Waals surface area contributed by atoms with Crippen molar-refractivity contribution in [2.75, 3.05) is 24.6 Å². The number of rotatable bonds is 3. The zero-order valence-electron chi connectivity index (χ0n) is 19.5. The quantitative estimate of drug-likeness (QED) is 0.297. The van der Waals surface area contributed by atoms with Gasteiger partial charge in [0.2, 0.25) is 5.91 Å². The first-order valence-electron chi connectivity index (χ1n) is 12.8. The van der Waals surface area contributed by atoms with Crippen LogP contribution >= 0.6 is 0 Å². The van der Waals surface area contributed by atoms with Crippen LogP contribution in [0.4, 0.5) is 11.4 Å². The minimum absolute atomic E-state index is 0.00455. The fraction of sp³-hybridized carbons (Fsp3) is 0.464. The molecule has 4 fully saturated rings. The normalized spacial score (nSPS) is 39.7. The molecule has 0 unspecified atom stereocenters. The van der Waals surface area contributed by atoms with Gasteiger partial charge >= 0.3 is 0 Å². The van der Waals surface area contributed by atoms with Gasteiger partial charge in [-0.05, 0) is 35.3 Å². The lowest BCUT2D eigenvalue weighted by Crippen LogP contribution is -2.72. The number of carbonyl (C=O) groups is 1. The Morgan fingerprint density at radius 3 is 2.83 bits per heavy atom. The third-order valence-electron chi connectivity index (χ3n) is 10.4. The van der Waals surface area contributed by atoms with Crippen molar-refractivity contribution in [2.24, 2.45) is 11.8 Å². The molecule has 0 radical (unpaired) electrons. The molecule has 7 nitrogen and oxygen atoms in total. The zero-order chi connectivity index (χ0) is 23.5. The van der Waals surface area contributed by atoms with Crippen LogP contribution in [0.5, 0.6) is 0 Å². The molecule has 3 saturated heterocycles. The van der Waals surface area contributed by atoms with Gasteiger partial charge in [-0.1, -0.05) is 24.3 Å². The van der Waals surface area contributed by atoms with Crippen molar-refractivity contribution in [2.45, 2.75) is 49.4 Å². The Balaban J connectivity index is 1.31. The molecule has 2 aromatic rings. The highest BCUT2D eigenvalue weighted by Gasteiger charge is 2.75. The molecule has 8 rings (SSSR count). The molecule has 5 heterocycles. The zero-order valence-corrected chi connectivity index (χ0v) is 19.5. The molecular formula is C28H28N3O4+. The van der Waals surface area contributed by atoms with Crippen LogP contribution in [0.3, 0.4) is 0 Å². The topological polar surface area (TPSA) is 72.7 Å². The van der Waals surface area contributed by atoms with E-state index in [0.29, 0.717) is 30.9 Å². The van der Waals surface area contributed by atoms with Gasteiger partial charge in [0.15, 0.2) is 0 Å². The molecule has 178 valence electrons. The number of carbonyl (C=O) groups excluding carboxylic acids is 1. The smallest absolute Gasteiger partial charge is 0.269 e. The summed E-state index contributed by atoms with van der Waals surface area (Å²) in [6.45, 7) is 3.54. The fourth-order valence-corrected chi connectivity index (χ4v) is 9.29. The monoisotopic (exact) mass is 470 g/mol. The van der Waals surface area contributed by atoms with Gasteiger partial charge < -0.3 is 14.1 Å². The molecule has 1 amide bonds. The fourth-order valence-electron chi connectivity index (χ4n) is 9.29. The maximum absolute atomic E-state index is 13.6. The standard InChI is InChI=1S/C28H28N3O4/c32-25-14-23-26-20-13-24-28(21-3-1-2-4-22(21)29(25)27(26)28)10-11-31(24,16-18(20)9-12-35-23)15-17-5-7-19(8-6-17)30(33)34/h1-9,20,23-24,26-27H,10-16H2/q+1/t20-,23-,24+,26-,27+,28+,31+/m0/s1. The largest absolute Gasteiger partial charge is 0.373 e. The Morgan fingerprint density at radius 2 is 2.00 bits per heavy atom. The van der Waals surface area contributed by atoms with Gasteiger partial charge in [-0.2, -0.15) is 0 Å². The lowest BCUT2D eigenvalue weighted by molar-refractivity contribution is -0.955. The Hall–Kier alpha value is -3.03. The van der Waals surface area contributed by atoms with Gasteiger partial charge in [0.1, 0.15) is 19.1 Å². The van der Waals surface area contributed by atoms with Crippen LogP contribution < -0.4 is 4.90 Å². The summed E-state index contributed by atoms with van der Waals surface area (Å²) in [6, 6.07) is 16.4. The van der Waals surface area contributed by atoms with E-state index in [1.807, 2.05) is 12.1 Å². The van der Waals surface area contributed by atoms with Crippen LogP contribution in [-0.2, 0) is 21.5 Å². The maximum atomic E-state index is 13.6. The van der Waals surface area contributed by atoms with Crippen molar-refractivity contribution < 1.29 is 18.9 Å². The molecule has 7 atom stereocenters. The Bertz CT molecular complexity index is 1320. The number of nitro groups is 1. The highest BCUT2D eigenvalue weighted by atomic mass is 16.6. The van der Waals surface area contributed by atoms with E-state index in [-0.39, 0.29) is 34.1 Å². The first-order chi connectivity index (χ1) is 17.0. The molecule has 6 aliphatic rings. The lowest BCUT2D eigenvalue weighted by atomic mass is 9.53. The molecule has 2 bridgehead atoms. The summed E-state index contributed by atoms with van der Waals surface area (Å²) in [5.74, 6) is 1.03. The second-order valence-corrected chi connectivity index (χ2v) is 11.5. The third-order valence-corrected chi connectivity index (χ3v) is 10.4. The number of anilines is 1. The third kappa shape index (κ3) is 2.36. The number of amides is 1. The first kappa shape index (κ1) is 20.2. The predicted octanol–water partition coefficient (Wildman–Crippen LogP) is 3.72. The van der Waals surface area contributed by atoms with E-state index >= 15 is 0 Å². The average Bonchev–Trinajstić information content (AvgIpc) is 3.29. The van der Waals surface area contributed by atoms with Gasteiger partial charge in [-0.25, -0.2) is 0 Å². The Kier molecular flexibility index (Phi) is 3.80. The number of hydrogen-bond acceptors (Lipinski definition) is 4. The van der Waals surface area contributed by atoms with Gasteiger partial charge in [0, 0.05) is 42.1 Å². The minimum Gasteiger partial charge on any atom is -0.373 e. The highest BCUT2D eigenvalue weighted by molar-refractivity contribution is 5.99. The van der Waals surface area contributed by atoms with Crippen molar-refractivity contribution in [3.63, 3.8) is 0 Å². The average molecular weight is 471 g/mol. The number of para-hydroxylation sites is 1. The van der Waals surface area contributed by atoms with E-state index in [1.54, 1.807) is 12.1 Å². The van der Waals surface area contributed by atoms with Crippen molar-refractivity contribution >= 4 is 17.3 Å². The molecule has 35 heavy (non-hydrogen) atoms. The molecule has 0 aromatic heterocycles. The SMILES string of the molecule is O=C1C[C@@H]2OCC=C3C[N@+]4(Cc5ccc([N+](=O)[O-])cc5)CC[C@]56c7ccccc7N1[C@@H]5[C@H]2[C@H]3C[C@H]64. The molecule has 1 saturated carbocycles. The second-order valence-electron chi connectivity index (χ2n) is 11.5. The van der Waals surface area contributed by atoms with E-state index in [0.717, 1.165) is 48.2 Å². The van der Waals surface area contributed by atoms with E-state index < -0.39 is 0 Å². The summed E-state index contributed by atoms with van der Waals surface area (Å²) in [6.07, 6.45) is 5.01. The van der Waals surface area contributed by atoms with Gasteiger partial charge in [0.25, 0.3) is 5.69 Å². The summed E-state index contributed by atoms with van der Waals surface area (Å²) in [7, 11) is 0. The number of fused-ring (bicyclic) bond motifs is 2. The number of benzene rings is 2. The van der Waals surface area contributed by atoms with Crippen LogP contribution in [0.1, 0.15) is 30.4 Å². The number of piperidine rings is 2. The van der Waals surface area contributed by atoms with Gasteiger partial charge in [-0.15, -0.1) is 0 Å². The summed E-state index contributed by atoms with van der Waals surface area (Å²) < 4.78 is 7.36. The molecular weight excluding hydrogens is 442 g/mol. The molecule has 7 heteroatoms. The minimum atomic E-state index is -0.329. The summed E-state index contributed by atoms with van der Waals surface area (Å²) >= 11 is 0. The van der Waals surface area contributed by atoms with Crippen molar-refractivity contribution in [1.29, 1.82) is 0 Å². The van der Waals surface area contributed by atoms with Crippen LogP contribution in [0.25, 0.3) is 0 Å². The van der Waals surface area contributed by atoms with Gasteiger partial charge in [-0.3, -0.25) is 14.9 Å². The number of non-ortho nitro benzene ring substituents is 1. The van der Waals surface area contributed by atoms with Crippen molar-refractivity contribution in [1.82, 2.24) is 0 Å². The van der Waals surface area contributed by atoms with Crippen molar-refractivity contribution in [3.05, 3.63) is 81.4 Å². The van der Waals surface area contributed by atoms with E-state index in [1.165, 1.54) is 11.1 Å². The summed E-state index contributed by atoms with van der Waals surface area (Å²) in [5, 5.41) is 11.2. The Labute approximate surface area is 203 Å². The molecule has 5 aliphatic heterocycles. The van der Waals surface area contributed by atoms with Crippen LogP contribution in [0.2, 0.25) is 0 Å². The molecule has 1 aliphatic carbocycles. The highest BCUT2D eigenvalue weighted by Crippen LogP contribution is 2.67. The first-order valence-corrected chi connectivity index (χ1v) is 12.8. The molecule has 0 N–H and O–H groups in total. The molecule has 1 spiro atoms. The lowest BCUT2D eigenvalue weighted by Gasteiger charge is -2.60. The number of ether oxygens (including phenoxy) is 1.